The summed E-state index contributed by atoms with van der Waals surface area (Å²) in [5, 5.41) is 3.61. The van der Waals surface area contributed by atoms with E-state index in [1.165, 1.54) is 26.8 Å². The van der Waals surface area contributed by atoms with Crippen LogP contribution in [0.5, 0.6) is 0 Å². The Morgan fingerprint density at radius 3 is 3.00 bits per heavy atom. The summed E-state index contributed by atoms with van der Waals surface area (Å²) < 4.78 is 6.51. The average Bonchev–Trinajstić information content (AvgIpc) is 2.90. The summed E-state index contributed by atoms with van der Waals surface area (Å²) >= 11 is 1.83. The van der Waals surface area contributed by atoms with Gasteiger partial charge >= 0.3 is 0 Å². The van der Waals surface area contributed by atoms with Crippen molar-refractivity contribution in [3.63, 3.8) is 0 Å². The summed E-state index contributed by atoms with van der Waals surface area (Å²) in [5.74, 6) is 0. The molecule has 0 saturated heterocycles. The Labute approximate surface area is 98.3 Å². The lowest BCUT2D eigenvalue weighted by atomic mass is 10.0. The van der Waals surface area contributed by atoms with Gasteiger partial charge in [0.25, 0.3) is 0 Å². The molecule has 2 aromatic heterocycles. The predicted molar refractivity (Wildman–Crippen MR) is 68.1 cm³/mol. The summed E-state index contributed by atoms with van der Waals surface area (Å²) in [6, 6.07) is 8.56. The number of aryl methyl sites for hydroxylation is 1. The molecule has 0 saturated carbocycles. The first-order valence-electron chi connectivity index (χ1n) is 5.31. The topological polar surface area (TPSA) is 13.1 Å². The van der Waals surface area contributed by atoms with Gasteiger partial charge in [-0.05, 0) is 40.4 Å². The van der Waals surface area contributed by atoms with E-state index in [1.807, 2.05) is 23.7 Å². The van der Waals surface area contributed by atoms with Crippen LogP contribution in [0.15, 0.2) is 46.6 Å². The minimum Gasteiger partial charge on any atom is -0.472 e. The van der Waals surface area contributed by atoms with Crippen molar-refractivity contribution in [1.29, 1.82) is 0 Å². The monoisotopic (exact) mass is 228 g/mol. The van der Waals surface area contributed by atoms with Crippen molar-refractivity contribution >= 4 is 21.4 Å². The fourth-order valence-corrected chi connectivity index (χ4v) is 3.07. The lowest BCUT2D eigenvalue weighted by Gasteiger charge is -2.01. The number of hydrogen-bond donors (Lipinski definition) is 0. The van der Waals surface area contributed by atoms with Gasteiger partial charge in [-0.15, -0.1) is 11.3 Å². The first-order valence-corrected chi connectivity index (χ1v) is 6.19. The van der Waals surface area contributed by atoms with Crippen molar-refractivity contribution in [2.45, 2.75) is 13.3 Å². The summed E-state index contributed by atoms with van der Waals surface area (Å²) in [6.07, 6.45) is 4.50. The van der Waals surface area contributed by atoms with Gasteiger partial charge in [0.05, 0.1) is 12.5 Å². The van der Waals surface area contributed by atoms with Crippen molar-refractivity contribution in [1.82, 2.24) is 0 Å². The molecule has 0 aliphatic heterocycles. The molecule has 0 unspecified atom stereocenters. The smallest absolute Gasteiger partial charge is 0.0937 e. The Balaban J connectivity index is 2.10. The maximum absolute atomic E-state index is 5.11. The van der Waals surface area contributed by atoms with E-state index in [-0.39, 0.29) is 0 Å². The van der Waals surface area contributed by atoms with E-state index in [2.05, 4.69) is 30.5 Å². The van der Waals surface area contributed by atoms with Crippen LogP contribution in [0.4, 0.5) is 0 Å². The molecule has 0 amide bonds. The zero-order valence-electron chi connectivity index (χ0n) is 9.07. The Hall–Kier alpha value is -1.54. The number of fused-ring (bicyclic) bond motifs is 1. The first kappa shape index (κ1) is 9.67. The quantitative estimate of drug-likeness (QED) is 0.634. The highest BCUT2D eigenvalue weighted by atomic mass is 32.1. The van der Waals surface area contributed by atoms with Gasteiger partial charge in [-0.1, -0.05) is 18.2 Å². The lowest BCUT2D eigenvalue weighted by Crippen LogP contribution is -1.85. The van der Waals surface area contributed by atoms with Crippen molar-refractivity contribution in [3.8, 4) is 0 Å². The van der Waals surface area contributed by atoms with Crippen LogP contribution in [0.1, 0.15) is 16.7 Å². The molecule has 0 radical (unpaired) electrons. The molecule has 3 aromatic rings. The van der Waals surface area contributed by atoms with Crippen molar-refractivity contribution in [2.24, 2.45) is 0 Å². The third-order valence-corrected chi connectivity index (χ3v) is 4.04. The third-order valence-electron chi connectivity index (χ3n) is 2.85. The zero-order valence-corrected chi connectivity index (χ0v) is 9.88. The van der Waals surface area contributed by atoms with E-state index in [0.29, 0.717) is 0 Å². The van der Waals surface area contributed by atoms with Gasteiger partial charge in [0, 0.05) is 11.1 Å². The van der Waals surface area contributed by atoms with Gasteiger partial charge in [-0.2, -0.15) is 0 Å². The predicted octanol–water partition coefficient (Wildman–Crippen LogP) is 4.39. The Morgan fingerprint density at radius 1 is 1.25 bits per heavy atom. The van der Waals surface area contributed by atoms with Gasteiger partial charge in [0.2, 0.25) is 0 Å². The maximum atomic E-state index is 5.11. The van der Waals surface area contributed by atoms with E-state index >= 15 is 0 Å². The third kappa shape index (κ3) is 1.55. The number of rotatable bonds is 2. The van der Waals surface area contributed by atoms with Crippen molar-refractivity contribution < 1.29 is 4.42 Å². The van der Waals surface area contributed by atoms with Crippen LogP contribution < -0.4 is 0 Å². The summed E-state index contributed by atoms with van der Waals surface area (Å²) in [4.78, 5) is 0. The van der Waals surface area contributed by atoms with Gasteiger partial charge in [0.15, 0.2) is 0 Å². The second-order valence-electron chi connectivity index (χ2n) is 4.02. The second kappa shape index (κ2) is 3.80. The Kier molecular flexibility index (Phi) is 2.29. The van der Waals surface area contributed by atoms with Crippen LogP contribution in [0.2, 0.25) is 0 Å². The number of furan rings is 1. The molecule has 0 aliphatic carbocycles. The summed E-state index contributed by atoms with van der Waals surface area (Å²) in [6.45, 7) is 2.17. The number of thiophene rings is 1. The molecule has 2 heteroatoms. The molecule has 0 spiro atoms. The molecule has 3 rings (SSSR count). The largest absolute Gasteiger partial charge is 0.472 e. The van der Waals surface area contributed by atoms with Gasteiger partial charge < -0.3 is 4.42 Å². The highest BCUT2D eigenvalue weighted by Gasteiger charge is 2.06. The molecule has 1 nitrogen and oxygen atoms in total. The average molecular weight is 228 g/mol. The van der Waals surface area contributed by atoms with E-state index in [1.54, 1.807) is 6.26 Å². The molecule has 0 atom stereocenters. The van der Waals surface area contributed by atoms with Crippen LogP contribution >= 0.6 is 11.3 Å². The summed E-state index contributed by atoms with van der Waals surface area (Å²) in [5.41, 5.74) is 3.99. The minimum atomic E-state index is 0.952. The molecule has 0 aliphatic rings. The van der Waals surface area contributed by atoms with E-state index in [0.717, 1.165) is 6.42 Å². The molecular formula is C14H12OS. The van der Waals surface area contributed by atoms with Gasteiger partial charge in [-0.3, -0.25) is 0 Å². The Bertz CT molecular complexity index is 605. The molecular weight excluding hydrogens is 216 g/mol. The minimum absolute atomic E-state index is 0.952. The van der Waals surface area contributed by atoms with Crippen molar-refractivity contribution in [2.75, 3.05) is 0 Å². The van der Waals surface area contributed by atoms with E-state index < -0.39 is 0 Å². The standard InChI is InChI=1S/C14H12OS/c1-10-9-16-14-12(3-2-4-13(10)14)7-11-5-6-15-8-11/h2-6,8-9H,7H2,1H3. The van der Waals surface area contributed by atoms with Crippen LogP contribution in [-0.4, -0.2) is 0 Å². The van der Waals surface area contributed by atoms with Gasteiger partial charge in [0.1, 0.15) is 0 Å². The van der Waals surface area contributed by atoms with E-state index in [9.17, 15) is 0 Å². The normalized spacial score (nSPS) is 11.1. The molecule has 0 fully saturated rings. The maximum Gasteiger partial charge on any atom is 0.0937 e. The number of benzene rings is 1. The second-order valence-corrected chi connectivity index (χ2v) is 4.90. The van der Waals surface area contributed by atoms with Crippen LogP contribution in [0.3, 0.4) is 0 Å². The molecule has 80 valence electrons. The first-order chi connectivity index (χ1) is 7.84. The highest BCUT2D eigenvalue weighted by molar-refractivity contribution is 7.17. The van der Waals surface area contributed by atoms with Crippen LogP contribution in [-0.2, 0) is 6.42 Å². The van der Waals surface area contributed by atoms with Gasteiger partial charge in [-0.25, -0.2) is 0 Å². The molecule has 0 N–H and O–H groups in total. The summed E-state index contributed by atoms with van der Waals surface area (Å²) in [7, 11) is 0. The Morgan fingerprint density at radius 2 is 2.19 bits per heavy atom. The highest BCUT2D eigenvalue weighted by Crippen LogP contribution is 2.29. The zero-order chi connectivity index (χ0) is 11.0. The lowest BCUT2D eigenvalue weighted by molar-refractivity contribution is 0.564. The molecule has 2 heterocycles. The number of hydrogen-bond acceptors (Lipinski definition) is 2. The molecule has 0 bridgehead atoms. The fraction of sp³-hybridized carbons (Fsp3) is 0.143. The molecule has 1 aromatic carbocycles. The van der Waals surface area contributed by atoms with Crippen molar-refractivity contribution in [3.05, 3.63) is 58.9 Å². The van der Waals surface area contributed by atoms with E-state index in [4.69, 9.17) is 4.42 Å². The SMILES string of the molecule is Cc1csc2c(Cc3ccoc3)cccc12. The fourth-order valence-electron chi connectivity index (χ4n) is 2.00. The van der Waals surface area contributed by atoms with Crippen LogP contribution in [0, 0.1) is 6.92 Å². The van der Waals surface area contributed by atoms with Crippen LogP contribution in [0.25, 0.3) is 10.1 Å². The molecule has 16 heavy (non-hydrogen) atoms.